The summed E-state index contributed by atoms with van der Waals surface area (Å²) in [5.41, 5.74) is 11.1. The van der Waals surface area contributed by atoms with Gasteiger partial charge in [-0.3, -0.25) is 0 Å². The van der Waals surface area contributed by atoms with E-state index >= 15 is 0 Å². The maximum absolute atomic E-state index is 5.35. The van der Waals surface area contributed by atoms with Crippen molar-refractivity contribution in [2.75, 3.05) is 0 Å². The fourth-order valence-electron chi connectivity index (χ4n) is 4.36. The summed E-state index contributed by atoms with van der Waals surface area (Å²) in [5.74, 6) is 2.64. The number of nitrogens with zero attached hydrogens (tertiary/aromatic N) is 2. The van der Waals surface area contributed by atoms with Crippen molar-refractivity contribution in [2.24, 2.45) is 0 Å². The number of hydrogen-bond acceptors (Lipinski definition) is 2. The van der Waals surface area contributed by atoms with Crippen LogP contribution in [-0.2, 0) is 0 Å². The first-order chi connectivity index (χ1) is 18.7. The SMILES string of the molecule is C#Cc1cccc(-c2ccccc2)c1.C1=Cc2cc3ccc(cc4ccc(cc5nc(cc1n2)C=C5)[nH]4)[nH]3. The highest BCUT2D eigenvalue weighted by Gasteiger charge is 2.02. The molecule has 3 aromatic heterocycles. The molecular weight excluding hydrogens is 464 g/mol. The Morgan fingerprint density at radius 2 is 0.974 bits per heavy atom. The summed E-state index contributed by atoms with van der Waals surface area (Å²) in [6, 6.07) is 34.6. The molecule has 0 radical (unpaired) electrons. The van der Waals surface area contributed by atoms with E-state index in [0.29, 0.717) is 0 Å². The molecule has 2 aliphatic rings. The third kappa shape index (κ3) is 5.38. The summed E-state index contributed by atoms with van der Waals surface area (Å²) in [4.78, 5) is 16.0. The minimum atomic E-state index is 0.915. The molecule has 4 nitrogen and oxygen atoms in total. The molecule has 0 saturated carbocycles. The highest BCUT2D eigenvalue weighted by molar-refractivity contribution is 5.77. The van der Waals surface area contributed by atoms with E-state index in [1.807, 2.05) is 78.9 Å². The van der Waals surface area contributed by atoms with Crippen LogP contribution in [0.25, 0.3) is 57.5 Å². The molecule has 0 unspecified atom stereocenters. The van der Waals surface area contributed by atoms with Crippen molar-refractivity contribution >= 4 is 46.4 Å². The van der Waals surface area contributed by atoms with Crippen molar-refractivity contribution in [2.45, 2.75) is 0 Å². The maximum atomic E-state index is 5.35. The Hall–Kier alpha value is -5.40. The molecule has 8 bridgehead atoms. The zero-order valence-corrected chi connectivity index (χ0v) is 20.6. The van der Waals surface area contributed by atoms with E-state index in [4.69, 9.17) is 6.42 Å². The maximum Gasteiger partial charge on any atom is 0.0659 e. The van der Waals surface area contributed by atoms with E-state index < -0.39 is 0 Å². The normalized spacial score (nSPS) is 11.4. The van der Waals surface area contributed by atoms with Crippen molar-refractivity contribution < 1.29 is 0 Å². The number of hydrogen-bond donors (Lipinski definition) is 2. The van der Waals surface area contributed by atoms with E-state index in [1.165, 1.54) is 11.1 Å². The number of terminal acetylenes is 1. The highest BCUT2D eigenvalue weighted by atomic mass is 14.8. The minimum absolute atomic E-state index is 0.915. The van der Waals surface area contributed by atoms with Gasteiger partial charge in [-0.2, -0.15) is 0 Å². The molecule has 4 heteroatoms. The average molecular weight is 489 g/mol. The number of H-pyrrole nitrogens is 2. The van der Waals surface area contributed by atoms with Crippen LogP contribution in [0.2, 0.25) is 0 Å². The number of benzene rings is 2. The summed E-state index contributed by atoms with van der Waals surface area (Å²) >= 11 is 0. The van der Waals surface area contributed by atoms with Gasteiger partial charge in [-0.1, -0.05) is 48.4 Å². The van der Waals surface area contributed by atoms with Crippen LogP contribution in [0.15, 0.2) is 103 Å². The Morgan fingerprint density at radius 3 is 1.53 bits per heavy atom. The van der Waals surface area contributed by atoms with Gasteiger partial charge in [0.15, 0.2) is 0 Å². The number of rotatable bonds is 1. The molecule has 2 N–H and O–H groups in total. The monoisotopic (exact) mass is 488 g/mol. The summed E-state index contributed by atoms with van der Waals surface area (Å²) < 4.78 is 0. The molecule has 0 aliphatic carbocycles. The summed E-state index contributed by atoms with van der Waals surface area (Å²) in [7, 11) is 0. The van der Waals surface area contributed by atoms with Gasteiger partial charge in [0.2, 0.25) is 0 Å². The number of aromatic nitrogens is 4. The van der Waals surface area contributed by atoms with Crippen LogP contribution >= 0.6 is 0 Å². The van der Waals surface area contributed by atoms with Gasteiger partial charge in [-0.05, 0) is 96.1 Å². The Labute approximate surface area is 221 Å². The molecular formula is C34H24N4. The molecule has 0 saturated heterocycles. The largest absolute Gasteiger partial charge is 0.355 e. The fourth-order valence-corrected chi connectivity index (χ4v) is 4.36. The van der Waals surface area contributed by atoms with Gasteiger partial charge < -0.3 is 9.97 Å². The van der Waals surface area contributed by atoms with Crippen LogP contribution in [-0.4, -0.2) is 19.9 Å². The number of fused-ring (bicyclic) bond motifs is 8. The minimum Gasteiger partial charge on any atom is -0.355 e. The van der Waals surface area contributed by atoms with E-state index in [9.17, 15) is 0 Å². The quantitative estimate of drug-likeness (QED) is 0.230. The predicted octanol–water partition coefficient (Wildman–Crippen LogP) is 7.99. The van der Waals surface area contributed by atoms with Crippen molar-refractivity contribution in [3.05, 3.63) is 131 Å². The lowest BCUT2D eigenvalue weighted by Crippen LogP contribution is -1.78. The molecule has 2 aliphatic heterocycles. The van der Waals surface area contributed by atoms with Gasteiger partial charge in [0, 0.05) is 27.6 Å². The topological polar surface area (TPSA) is 57.4 Å². The van der Waals surface area contributed by atoms with Gasteiger partial charge in [0.1, 0.15) is 0 Å². The van der Waals surface area contributed by atoms with Crippen LogP contribution in [0.5, 0.6) is 0 Å². The third-order valence-electron chi connectivity index (χ3n) is 6.18. The molecule has 2 aromatic carbocycles. The van der Waals surface area contributed by atoms with Gasteiger partial charge in [-0.25, -0.2) is 9.97 Å². The van der Waals surface area contributed by atoms with Crippen LogP contribution in [0, 0.1) is 12.3 Å². The van der Waals surface area contributed by atoms with Gasteiger partial charge in [-0.15, -0.1) is 6.42 Å². The highest BCUT2D eigenvalue weighted by Crippen LogP contribution is 2.20. The molecule has 180 valence electrons. The van der Waals surface area contributed by atoms with Crippen LogP contribution in [0.1, 0.15) is 28.3 Å². The first-order valence-corrected chi connectivity index (χ1v) is 12.4. The molecule has 5 heterocycles. The van der Waals surface area contributed by atoms with Gasteiger partial charge in [0.25, 0.3) is 0 Å². The summed E-state index contributed by atoms with van der Waals surface area (Å²) in [6.07, 6.45) is 13.4. The van der Waals surface area contributed by atoms with Crippen molar-refractivity contribution in [3.63, 3.8) is 0 Å². The standard InChI is InChI=1S/C20H14N4.C14H10/c1-2-14-10-16-5-6-18(23-16)12-20-8-7-19(24-20)11-17-4-3-15(22-17)9-13(1)21-14;1-2-12-7-6-10-14(11-12)13-8-4-3-5-9-13/h1-12,21-22H;1,3-11H. The Kier molecular flexibility index (Phi) is 6.24. The van der Waals surface area contributed by atoms with E-state index in [-0.39, 0.29) is 0 Å². The lowest BCUT2D eigenvalue weighted by Gasteiger charge is -2.01. The average Bonchev–Trinajstić information content (AvgIpc) is 3.76. The molecule has 0 amide bonds. The molecule has 5 aromatic rings. The number of nitrogens with one attached hydrogen (secondary N) is 2. The fraction of sp³-hybridized carbons (Fsp3) is 0. The third-order valence-corrected chi connectivity index (χ3v) is 6.18. The van der Waals surface area contributed by atoms with Crippen molar-refractivity contribution in [3.8, 4) is 23.5 Å². The zero-order chi connectivity index (χ0) is 25.7. The van der Waals surface area contributed by atoms with Crippen LogP contribution in [0.4, 0.5) is 0 Å². The Bertz CT molecular complexity index is 1790. The van der Waals surface area contributed by atoms with E-state index in [2.05, 4.69) is 74.4 Å². The van der Waals surface area contributed by atoms with Crippen molar-refractivity contribution in [1.29, 1.82) is 0 Å². The lowest BCUT2D eigenvalue weighted by molar-refractivity contribution is 1.28. The lowest BCUT2D eigenvalue weighted by atomic mass is 10.0. The van der Waals surface area contributed by atoms with Crippen molar-refractivity contribution in [1.82, 2.24) is 19.9 Å². The second-order valence-electron chi connectivity index (χ2n) is 9.00. The van der Waals surface area contributed by atoms with Crippen LogP contribution in [0.3, 0.4) is 0 Å². The molecule has 38 heavy (non-hydrogen) atoms. The number of aromatic amines is 2. The van der Waals surface area contributed by atoms with E-state index in [0.717, 1.165) is 50.4 Å². The van der Waals surface area contributed by atoms with Gasteiger partial charge >= 0.3 is 0 Å². The Morgan fingerprint density at radius 1 is 0.474 bits per heavy atom. The molecule has 0 atom stereocenters. The zero-order valence-electron chi connectivity index (χ0n) is 20.6. The summed E-state index contributed by atoms with van der Waals surface area (Å²) in [5, 5.41) is 0. The molecule has 0 spiro atoms. The second kappa shape index (κ2) is 10.3. The first kappa shape index (κ1) is 23.0. The summed E-state index contributed by atoms with van der Waals surface area (Å²) in [6.45, 7) is 0. The second-order valence-corrected chi connectivity index (χ2v) is 9.00. The Balaban J connectivity index is 0.000000161. The predicted molar refractivity (Wildman–Crippen MR) is 159 cm³/mol. The molecule has 0 fully saturated rings. The smallest absolute Gasteiger partial charge is 0.0659 e. The van der Waals surface area contributed by atoms with Gasteiger partial charge in [0.05, 0.1) is 22.8 Å². The van der Waals surface area contributed by atoms with E-state index in [1.54, 1.807) is 0 Å². The molecule has 7 rings (SSSR count). The first-order valence-electron chi connectivity index (χ1n) is 12.4. The van der Waals surface area contributed by atoms with Crippen LogP contribution < -0.4 is 0 Å².